The van der Waals surface area contributed by atoms with Crippen molar-refractivity contribution in [3.8, 4) is 5.75 Å². The largest absolute Gasteiger partial charge is 0.495 e. The summed E-state index contributed by atoms with van der Waals surface area (Å²) in [5.41, 5.74) is 2.24. The molecule has 0 unspecified atom stereocenters. The molecule has 0 spiro atoms. The number of carbonyl (C=O) groups excluding carboxylic acids is 2. The Kier molecular flexibility index (Phi) is 6.99. The van der Waals surface area contributed by atoms with Crippen LogP contribution in [0, 0.1) is 6.92 Å². The van der Waals surface area contributed by atoms with E-state index in [0.29, 0.717) is 21.8 Å². The van der Waals surface area contributed by atoms with Crippen molar-refractivity contribution in [1.29, 1.82) is 0 Å². The van der Waals surface area contributed by atoms with Crippen molar-refractivity contribution in [2.75, 3.05) is 19.0 Å². The van der Waals surface area contributed by atoms with E-state index in [0.717, 1.165) is 41.6 Å². The molecule has 1 aliphatic rings. The predicted molar refractivity (Wildman–Crippen MR) is 130 cm³/mol. The molecule has 0 aliphatic heterocycles. The van der Waals surface area contributed by atoms with E-state index in [-0.39, 0.29) is 36.9 Å². The zero-order valence-corrected chi connectivity index (χ0v) is 20.1. The van der Waals surface area contributed by atoms with Crippen LogP contribution in [-0.4, -0.2) is 35.0 Å². The number of nitrogens with zero attached hydrogens (tertiary/aromatic N) is 2. The van der Waals surface area contributed by atoms with Gasteiger partial charge in [0.05, 0.1) is 24.5 Å². The molecule has 3 aromatic rings. The Balaban J connectivity index is 1.34. The van der Waals surface area contributed by atoms with Gasteiger partial charge in [-0.25, -0.2) is 4.98 Å². The first-order valence-corrected chi connectivity index (χ1v) is 12.0. The number of anilines is 1. The molecule has 33 heavy (non-hydrogen) atoms. The van der Waals surface area contributed by atoms with Gasteiger partial charge in [-0.15, -0.1) is 11.3 Å². The minimum absolute atomic E-state index is 0.0702. The highest BCUT2D eigenvalue weighted by Crippen LogP contribution is 2.33. The molecule has 2 aromatic heterocycles. The first kappa shape index (κ1) is 23.3. The van der Waals surface area contributed by atoms with Crippen molar-refractivity contribution in [3.63, 3.8) is 0 Å². The summed E-state index contributed by atoms with van der Waals surface area (Å²) >= 11 is 7.67. The highest BCUT2D eigenvalue weighted by Gasteiger charge is 2.20. The summed E-state index contributed by atoms with van der Waals surface area (Å²) < 4.78 is 6.59. The molecular formula is C23H25ClN4O4S. The highest BCUT2D eigenvalue weighted by molar-refractivity contribution is 7.18. The molecule has 2 N–H and O–H groups in total. The number of carbonyl (C=O) groups is 2. The average molecular weight is 489 g/mol. The van der Waals surface area contributed by atoms with Crippen LogP contribution in [0.2, 0.25) is 5.02 Å². The van der Waals surface area contributed by atoms with E-state index in [9.17, 15) is 14.4 Å². The molecule has 8 nitrogen and oxygen atoms in total. The fourth-order valence-electron chi connectivity index (χ4n) is 3.96. The van der Waals surface area contributed by atoms with Crippen LogP contribution in [0.4, 0.5) is 5.69 Å². The van der Waals surface area contributed by atoms with Gasteiger partial charge in [0, 0.05) is 28.9 Å². The number of nitrogens with one attached hydrogen (secondary N) is 2. The second-order valence-electron chi connectivity index (χ2n) is 8.02. The van der Waals surface area contributed by atoms with Crippen LogP contribution in [0.1, 0.15) is 35.3 Å². The summed E-state index contributed by atoms with van der Waals surface area (Å²) in [4.78, 5) is 44.0. The molecule has 0 saturated carbocycles. The van der Waals surface area contributed by atoms with Gasteiger partial charge in [-0.2, -0.15) is 0 Å². The Labute approximate surface area is 199 Å². The summed E-state index contributed by atoms with van der Waals surface area (Å²) in [6, 6.07) is 3.37. The van der Waals surface area contributed by atoms with Crippen LogP contribution < -0.4 is 20.9 Å². The number of ether oxygens (including phenoxy) is 1. The molecule has 0 saturated heterocycles. The fourth-order valence-corrected chi connectivity index (χ4v) is 5.34. The highest BCUT2D eigenvalue weighted by atomic mass is 35.5. The first-order chi connectivity index (χ1) is 15.9. The van der Waals surface area contributed by atoms with Crippen LogP contribution in [0.25, 0.3) is 10.2 Å². The number of aryl methyl sites for hydroxylation is 3. The Bertz CT molecular complexity index is 1280. The summed E-state index contributed by atoms with van der Waals surface area (Å²) in [6.45, 7) is 1.83. The molecule has 1 aromatic carbocycles. The molecule has 10 heteroatoms. The van der Waals surface area contributed by atoms with Crippen LogP contribution in [0.15, 0.2) is 23.3 Å². The van der Waals surface area contributed by atoms with Gasteiger partial charge in [0.25, 0.3) is 5.56 Å². The van der Waals surface area contributed by atoms with E-state index in [1.807, 2.05) is 6.92 Å². The third-order valence-corrected chi connectivity index (χ3v) is 7.29. The van der Waals surface area contributed by atoms with Crippen molar-refractivity contribution >= 4 is 50.7 Å². The maximum atomic E-state index is 13.0. The van der Waals surface area contributed by atoms with Gasteiger partial charge in [-0.3, -0.25) is 19.0 Å². The first-order valence-electron chi connectivity index (χ1n) is 10.8. The topological polar surface area (TPSA) is 102 Å². The second kappa shape index (κ2) is 9.93. The van der Waals surface area contributed by atoms with E-state index in [2.05, 4.69) is 15.6 Å². The second-order valence-corrected chi connectivity index (χ2v) is 9.51. The van der Waals surface area contributed by atoms with Crippen LogP contribution >= 0.6 is 22.9 Å². The zero-order valence-electron chi connectivity index (χ0n) is 18.5. The molecule has 0 fully saturated rings. The molecule has 2 amide bonds. The lowest BCUT2D eigenvalue weighted by molar-refractivity contribution is -0.121. The number of halogens is 1. The van der Waals surface area contributed by atoms with E-state index >= 15 is 0 Å². The number of methoxy groups -OCH3 is 1. The van der Waals surface area contributed by atoms with Gasteiger partial charge in [0.1, 0.15) is 17.1 Å². The van der Waals surface area contributed by atoms with Crippen LogP contribution in [0.5, 0.6) is 5.75 Å². The summed E-state index contributed by atoms with van der Waals surface area (Å²) in [5.74, 6) is -0.170. The van der Waals surface area contributed by atoms with Gasteiger partial charge in [0.2, 0.25) is 11.8 Å². The number of hydrogen-bond acceptors (Lipinski definition) is 6. The summed E-state index contributed by atoms with van der Waals surface area (Å²) in [5, 5.41) is 6.66. The van der Waals surface area contributed by atoms with E-state index in [4.69, 9.17) is 16.3 Å². The number of rotatable bonds is 7. The normalized spacial score (nSPS) is 12.9. The molecule has 0 radical (unpaired) electrons. The van der Waals surface area contributed by atoms with Crippen molar-refractivity contribution in [2.45, 2.75) is 45.6 Å². The molecule has 2 heterocycles. The number of benzene rings is 1. The molecular weight excluding hydrogens is 464 g/mol. The van der Waals surface area contributed by atoms with Gasteiger partial charge >= 0.3 is 0 Å². The SMILES string of the molecule is COc1cc(Cl)c(C)cc1NC(=O)CCNC(=O)Cn1cnc2sc3c(c2c1=O)CCCC3. The minimum Gasteiger partial charge on any atom is -0.495 e. The quantitative estimate of drug-likeness (QED) is 0.530. The average Bonchev–Trinajstić information content (AvgIpc) is 3.17. The van der Waals surface area contributed by atoms with Crippen molar-refractivity contribution in [2.24, 2.45) is 0 Å². The van der Waals surface area contributed by atoms with Crippen molar-refractivity contribution in [1.82, 2.24) is 14.9 Å². The van der Waals surface area contributed by atoms with Gasteiger partial charge in [-0.1, -0.05) is 11.6 Å². The van der Waals surface area contributed by atoms with Crippen LogP contribution in [0.3, 0.4) is 0 Å². The van der Waals surface area contributed by atoms with E-state index in [1.165, 1.54) is 22.9 Å². The van der Waals surface area contributed by atoms with E-state index in [1.54, 1.807) is 23.5 Å². The third kappa shape index (κ3) is 5.04. The summed E-state index contributed by atoms with van der Waals surface area (Å²) in [6.07, 6.45) is 5.57. The molecule has 4 rings (SSSR count). The number of fused-ring (bicyclic) bond motifs is 3. The maximum Gasteiger partial charge on any atom is 0.262 e. The van der Waals surface area contributed by atoms with Gasteiger partial charge in [0.15, 0.2) is 0 Å². The van der Waals surface area contributed by atoms with Crippen LogP contribution in [-0.2, 0) is 29.0 Å². The molecule has 1 aliphatic carbocycles. The smallest absolute Gasteiger partial charge is 0.262 e. The lowest BCUT2D eigenvalue weighted by Gasteiger charge is -2.13. The Hall–Kier alpha value is -2.91. The number of amides is 2. The minimum atomic E-state index is -0.352. The Morgan fingerprint density at radius 1 is 1.24 bits per heavy atom. The molecule has 174 valence electrons. The zero-order chi connectivity index (χ0) is 23.5. The summed E-state index contributed by atoms with van der Waals surface area (Å²) in [7, 11) is 1.50. The van der Waals surface area contributed by atoms with Gasteiger partial charge in [-0.05, 0) is 49.8 Å². The monoisotopic (exact) mass is 488 g/mol. The molecule has 0 atom stereocenters. The third-order valence-electron chi connectivity index (χ3n) is 5.68. The maximum absolute atomic E-state index is 13.0. The molecule has 0 bridgehead atoms. The number of thiophene rings is 1. The lowest BCUT2D eigenvalue weighted by atomic mass is 9.97. The van der Waals surface area contributed by atoms with E-state index < -0.39 is 0 Å². The van der Waals surface area contributed by atoms with Gasteiger partial charge < -0.3 is 15.4 Å². The number of hydrogen-bond donors (Lipinski definition) is 2. The standard InChI is InChI=1S/C23H25ClN4O4S/c1-13-9-16(17(32-2)10-15(13)24)27-19(29)7-8-25-20(30)11-28-12-26-22-21(23(28)31)14-5-3-4-6-18(14)33-22/h9-10,12H,3-8,11H2,1-2H3,(H,25,30)(H,27,29). The number of aromatic nitrogens is 2. The van der Waals surface area contributed by atoms with Crippen molar-refractivity contribution in [3.05, 3.63) is 49.8 Å². The predicted octanol–water partition coefficient (Wildman–Crippen LogP) is 3.45. The Morgan fingerprint density at radius 2 is 2.03 bits per heavy atom. The fraction of sp³-hybridized carbons (Fsp3) is 0.391. The Morgan fingerprint density at radius 3 is 2.82 bits per heavy atom. The van der Waals surface area contributed by atoms with Crippen molar-refractivity contribution < 1.29 is 14.3 Å². The lowest BCUT2D eigenvalue weighted by Crippen LogP contribution is -2.34.